The van der Waals surface area contributed by atoms with Gasteiger partial charge in [-0.15, -0.1) is 0 Å². The van der Waals surface area contributed by atoms with Crippen LogP contribution in [0.25, 0.3) is 0 Å². The molecule has 26 heavy (non-hydrogen) atoms. The van der Waals surface area contributed by atoms with Gasteiger partial charge in [0.2, 0.25) is 5.91 Å². The zero-order chi connectivity index (χ0) is 19.1. The van der Waals surface area contributed by atoms with E-state index in [0.29, 0.717) is 34.6 Å². The van der Waals surface area contributed by atoms with Crippen molar-refractivity contribution >= 4 is 29.0 Å². The van der Waals surface area contributed by atoms with E-state index in [1.165, 1.54) is 6.92 Å². The van der Waals surface area contributed by atoms with Gasteiger partial charge in [0.25, 0.3) is 5.91 Å². The SMILES string of the molecule is CC(=O)Nc1ccc(NC(=O)c2cc(NCCC(C)C)nc(C)n2)cc1. The van der Waals surface area contributed by atoms with E-state index in [-0.39, 0.29) is 11.8 Å². The first-order valence-corrected chi connectivity index (χ1v) is 8.62. The molecule has 7 nitrogen and oxygen atoms in total. The maximum Gasteiger partial charge on any atom is 0.274 e. The first-order chi connectivity index (χ1) is 12.3. The standard InChI is InChI=1S/C19H25N5O2/c1-12(2)9-10-20-18-11-17(21-13(3)22-18)19(26)24-16-7-5-15(6-8-16)23-14(4)25/h5-8,11-12H,9-10H2,1-4H3,(H,23,25)(H,24,26)(H,20,21,22). The third kappa shape index (κ3) is 6.16. The molecule has 1 heterocycles. The van der Waals surface area contributed by atoms with E-state index >= 15 is 0 Å². The molecule has 0 saturated heterocycles. The van der Waals surface area contributed by atoms with Gasteiger partial charge in [0.1, 0.15) is 17.3 Å². The first kappa shape index (κ1) is 19.4. The number of carbonyl (C=O) groups is 2. The summed E-state index contributed by atoms with van der Waals surface area (Å²) in [7, 11) is 0. The molecule has 2 amide bonds. The minimum absolute atomic E-state index is 0.143. The lowest BCUT2D eigenvalue weighted by Crippen LogP contribution is -2.16. The van der Waals surface area contributed by atoms with Crippen molar-refractivity contribution in [2.24, 2.45) is 5.92 Å². The van der Waals surface area contributed by atoms with Crippen molar-refractivity contribution in [1.29, 1.82) is 0 Å². The van der Waals surface area contributed by atoms with Crippen LogP contribution in [0, 0.1) is 12.8 Å². The predicted octanol–water partition coefficient (Wildman–Crippen LogP) is 3.45. The summed E-state index contributed by atoms with van der Waals surface area (Å²) < 4.78 is 0. The lowest BCUT2D eigenvalue weighted by atomic mass is 10.1. The van der Waals surface area contributed by atoms with Crippen molar-refractivity contribution in [3.8, 4) is 0 Å². The summed E-state index contributed by atoms with van der Waals surface area (Å²) in [5.41, 5.74) is 1.59. The summed E-state index contributed by atoms with van der Waals surface area (Å²) in [4.78, 5) is 32.0. The molecule has 0 aliphatic rings. The van der Waals surface area contributed by atoms with Crippen LogP contribution >= 0.6 is 0 Å². The number of rotatable bonds is 7. The van der Waals surface area contributed by atoms with Crippen LogP contribution in [0.4, 0.5) is 17.2 Å². The van der Waals surface area contributed by atoms with E-state index in [0.717, 1.165) is 13.0 Å². The molecule has 7 heteroatoms. The van der Waals surface area contributed by atoms with E-state index in [1.807, 2.05) is 0 Å². The molecule has 0 spiro atoms. The summed E-state index contributed by atoms with van der Waals surface area (Å²) in [6, 6.07) is 8.54. The molecular weight excluding hydrogens is 330 g/mol. The summed E-state index contributed by atoms with van der Waals surface area (Å²) in [6.07, 6.45) is 1.02. The average Bonchev–Trinajstić information content (AvgIpc) is 2.55. The Balaban J connectivity index is 2.04. The number of aryl methyl sites for hydroxylation is 1. The number of hydrogen-bond acceptors (Lipinski definition) is 5. The highest BCUT2D eigenvalue weighted by Gasteiger charge is 2.11. The molecule has 0 aliphatic heterocycles. The predicted molar refractivity (Wildman–Crippen MR) is 103 cm³/mol. The molecule has 2 rings (SSSR count). The van der Waals surface area contributed by atoms with Crippen molar-refractivity contribution < 1.29 is 9.59 Å². The van der Waals surface area contributed by atoms with Gasteiger partial charge in [0.15, 0.2) is 0 Å². The number of amides is 2. The van der Waals surface area contributed by atoms with Crippen molar-refractivity contribution in [3.05, 3.63) is 41.9 Å². The molecule has 0 fully saturated rings. The van der Waals surface area contributed by atoms with Gasteiger partial charge in [-0.25, -0.2) is 9.97 Å². The number of benzene rings is 1. The zero-order valence-electron chi connectivity index (χ0n) is 15.6. The van der Waals surface area contributed by atoms with Crippen LogP contribution in [-0.2, 0) is 4.79 Å². The third-order valence-corrected chi connectivity index (χ3v) is 3.56. The molecule has 138 valence electrons. The van der Waals surface area contributed by atoms with Gasteiger partial charge in [0, 0.05) is 30.9 Å². The van der Waals surface area contributed by atoms with Crippen LogP contribution in [0.2, 0.25) is 0 Å². The summed E-state index contributed by atoms with van der Waals surface area (Å²) in [5, 5.41) is 8.71. The number of hydrogen-bond donors (Lipinski definition) is 3. The molecule has 0 unspecified atom stereocenters. The monoisotopic (exact) mass is 355 g/mol. The average molecular weight is 355 g/mol. The zero-order valence-corrected chi connectivity index (χ0v) is 15.6. The van der Waals surface area contributed by atoms with Gasteiger partial charge in [-0.2, -0.15) is 0 Å². The van der Waals surface area contributed by atoms with Gasteiger partial charge in [0.05, 0.1) is 0 Å². The Morgan fingerprint density at radius 3 is 2.23 bits per heavy atom. The number of anilines is 3. The number of carbonyl (C=O) groups excluding carboxylic acids is 2. The molecule has 0 bridgehead atoms. The number of nitrogens with one attached hydrogen (secondary N) is 3. The van der Waals surface area contributed by atoms with E-state index in [4.69, 9.17) is 0 Å². The van der Waals surface area contributed by atoms with Crippen LogP contribution in [0.15, 0.2) is 30.3 Å². The van der Waals surface area contributed by atoms with Gasteiger partial charge in [-0.3, -0.25) is 9.59 Å². The maximum atomic E-state index is 12.5. The third-order valence-electron chi connectivity index (χ3n) is 3.56. The Morgan fingerprint density at radius 2 is 1.65 bits per heavy atom. The quantitative estimate of drug-likeness (QED) is 0.707. The number of aromatic nitrogens is 2. The highest BCUT2D eigenvalue weighted by atomic mass is 16.2. The lowest BCUT2D eigenvalue weighted by Gasteiger charge is -2.10. The topological polar surface area (TPSA) is 96.0 Å². The van der Waals surface area contributed by atoms with Gasteiger partial charge in [-0.05, 0) is 43.5 Å². The van der Waals surface area contributed by atoms with Crippen LogP contribution < -0.4 is 16.0 Å². The fourth-order valence-electron chi connectivity index (χ4n) is 2.30. The van der Waals surface area contributed by atoms with E-state index < -0.39 is 0 Å². The Morgan fingerprint density at radius 1 is 1.04 bits per heavy atom. The molecule has 0 saturated carbocycles. The van der Waals surface area contributed by atoms with Crippen molar-refractivity contribution in [2.45, 2.75) is 34.1 Å². The molecule has 1 aromatic carbocycles. The van der Waals surface area contributed by atoms with Gasteiger partial charge >= 0.3 is 0 Å². The second-order valence-corrected chi connectivity index (χ2v) is 6.51. The van der Waals surface area contributed by atoms with E-state index in [9.17, 15) is 9.59 Å². The molecule has 3 N–H and O–H groups in total. The smallest absolute Gasteiger partial charge is 0.274 e. The molecular formula is C19H25N5O2. The summed E-state index contributed by atoms with van der Waals surface area (Å²) >= 11 is 0. The molecule has 0 aliphatic carbocycles. The molecule has 1 aromatic heterocycles. The van der Waals surface area contributed by atoms with Crippen LogP contribution in [0.5, 0.6) is 0 Å². The molecule has 0 radical (unpaired) electrons. The highest BCUT2D eigenvalue weighted by Crippen LogP contribution is 2.15. The molecule has 0 atom stereocenters. The van der Waals surface area contributed by atoms with Gasteiger partial charge in [-0.1, -0.05) is 13.8 Å². The fraction of sp³-hybridized carbons (Fsp3) is 0.368. The maximum absolute atomic E-state index is 12.5. The summed E-state index contributed by atoms with van der Waals surface area (Å²) in [6.45, 7) is 8.30. The minimum atomic E-state index is -0.310. The van der Waals surface area contributed by atoms with Crippen molar-refractivity contribution in [1.82, 2.24) is 9.97 Å². The first-order valence-electron chi connectivity index (χ1n) is 8.62. The fourth-order valence-corrected chi connectivity index (χ4v) is 2.30. The Kier molecular flexibility index (Phi) is 6.66. The summed E-state index contributed by atoms with van der Waals surface area (Å²) in [5.74, 6) is 1.31. The lowest BCUT2D eigenvalue weighted by molar-refractivity contribution is -0.114. The Bertz CT molecular complexity index is 772. The van der Waals surface area contributed by atoms with Gasteiger partial charge < -0.3 is 16.0 Å². The highest BCUT2D eigenvalue weighted by molar-refractivity contribution is 6.03. The van der Waals surface area contributed by atoms with E-state index in [2.05, 4.69) is 39.8 Å². The minimum Gasteiger partial charge on any atom is -0.370 e. The van der Waals surface area contributed by atoms with E-state index in [1.54, 1.807) is 37.3 Å². The molecule has 2 aromatic rings. The Hall–Kier alpha value is -2.96. The number of nitrogens with zero attached hydrogens (tertiary/aromatic N) is 2. The van der Waals surface area contributed by atoms with Crippen LogP contribution in [-0.4, -0.2) is 28.3 Å². The van der Waals surface area contributed by atoms with Crippen LogP contribution in [0.3, 0.4) is 0 Å². The second kappa shape index (κ2) is 8.94. The largest absolute Gasteiger partial charge is 0.370 e. The second-order valence-electron chi connectivity index (χ2n) is 6.51. The van der Waals surface area contributed by atoms with Crippen molar-refractivity contribution in [2.75, 3.05) is 22.5 Å². The van der Waals surface area contributed by atoms with Crippen molar-refractivity contribution in [3.63, 3.8) is 0 Å². The van der Waals surface area contributed by atoms with Crippen LogP contribution in [0.1, 0.15) is 43.5 Å². The normalized spacial score (nSPS) is 10.5. The Labute approximate surface area is 153 Å².